The Bertz CT molecular complexity index is 1070. The van der Waals surface area contributed by atoms with Crippen LogP contribution in [0, 0.1) is 0 Å². The molecule has 1 atom stereocenters. The fourth-order valence-electron chi connectivity index (χ4n) is 3.88. The fourth-order valence-corrected chi connectivity index (χ4v) is 3.88. The summed E-state index contributed by atoms with van der Waals surface area (Å²) >= 11 is 0. The molecule has 0 bridgehead atoms. The molecular weight excluding hydrogens is 439 g/mol. The van der Waals surface area contributed by atoms with E-state index in [2.05, 4.69) is 0 Å². The second-order valence-corrected chi connectivity index (χ2v) is 8.84. The van der Waals surface area contributed by atoms with E-state index in [4.69, 9.17) is 9.47 Å². The van der Waals surface area contributed by atoms with Crippen LogP contribution in [0.5, 0.6) is 0 Å². The molecule has 0 aliphatic carbocycles. The Balaban J connectivity index is 2.10. The number of para-hydroxylation sites is 1. The topological polar surface area (TPSA) is 72.9 Å². The van der Waals surface area contributed by atoms with Gasteiger partial charge in [-0.1, -0.05) is 30.3 Å². The maximum atomic E-state index is 13.7. The lowest BCUT2D eigenvalue weighted by atomic mass is 9.74. The lowest BCUT2D eigenvalue weighted by Crippen LogP contribution is -2.47. The van der Waals surface area contributed by atoms with Crippen molar-refractivity contribution in [1.82, 2.24) is 0 Å². The fraction of sp³-hybridized carbons (Fsp3) is 0.375. The summed E-state index contributed by atoms with van der Waals surface area (Å²) in [4.78, 5) is 39.9. The first-order chi connectivity index (χ1) is 15.3. The quantitative estimate of drug-likeness (QED) is 0.595. The molecule has 0 spiro atoms. The van der Waals surface area contributed by atoms with Gasteiger partial charge >= 0.3 is 18.2 Å². The van der Waals surface area contributed by atoms with Crippen molar-refractivity contribution in [2.24, 2.45) is 0 Å². The van der Waals surface area contributed by atoms with Crippen LogP contribution in [0.15, 0.2) is 48.5 Å². The number of alkyl halides is 3. The van der Waals surface area contributed by atoms with E-state index in [-0.39, 0.29) is 12.1 Å². The molecule has 0 N–H and O–H groups in total. The predicted octanol–water partition coefficient (Wildman–Crippen LogP) is 5.03. The first-order valence-electron chi connectivity index (χ1n) is 10.2. The van der Waals surface area contributed by atoms with Crippen molar-refractivity contribution in [3.8, 4) is 0 Å². The summed E-state index contributed by atoms with van der Waals surface area (Å²) in [5, 5.41) is 0. The van der Waals surface area contributed by atoms with E-state index >= 15 is 0 Å². The zero-order chi connectivity index (χ0) is 24.6. The highest BCUT2D eigenvalue weighted by Gasteiger charge is 2.55. The van der Waals surface area contributed by atoms with Crippen molar-refractivity contribution in [2.45, 2.75) is 50.8 Å². The standard InChI is InChI=1S/C24H24F3NO5/c1-22(2,3)33-21(31)28-18-8-6-5-7-17(18)23(20(28)30,14-19(29)32-4)13-15-9-11-16(12-10-15)24(25,26)27/h5-12H,13-14H2,1-4H3/t23-/m1/s1. The highest BCUT2D eigenvalue weighted by Crippen LogP contribution is 2.47. The van der Waals surface area contributed by atoms with Crippen LogP contribution in [0.25, 0.3) is 0 Å². The van der Waals surface area contributed by atoms with Crippen molar-refractivity contribution in [2.75, 3.05) is 12.0 Å². The Morgan fingerprint density at radius 1 is 1.00 bits per heavy atom. The van der Waals surface area contributed by atoms with Crippen molar-refractivity contribution in [3.05, 3.63) is 65.2 Å². The molecule has 176 valence electrons. The Labute approximate surface area is 189 Å². The molecule has 1 aliphatic rings. The summed E-state index contributed by atoms with van der Waals surface area (Å²) in [6, 6.07) is 10.8. The number of fused-ring (bicyclic) bond motifs is 1. The average molecular weight is 463 g/mol. The van der Waals surface area contributed by atoms with Gasteiger partial charge in [0.15, 0.2) is 0 Å². The maximum Gasteiger partial charge on any atom is 0.421 e. The van der Waals surface area contributed by atoms with Gasteiger partial charge in [-0.2, -0.15) is 13.2 Å². The normalized spacial score (nSPS) is 18.2. The molecule has 1 aliphatic heterocycles. The maximum absolute atomic E-state index is 13.7. The number of halogens is 3. The lowest BCUT2D eigenvalue weighted by Gasteiger charge is -2.28. The summed E-state index contributed by atoms with van der Waals surface area (Å²) in [7, 11) is 1.17. The minimum Gasteiger partial charge on any atom is -0.469 e. The SMILES string of the molecule is COC(=O)C[C@@]1(Cc2ccc(C(F)(F)F)cc2)C(=O)N(C(=O)OC(C)(C)C)c2ccccc21. The van der Waals surface area contributed by atoms with E-state index in [9.17, 15) is 27.6 Å². The van der Waals surface area contributed by atoms with Gasteiger partial charge in [0.25, 0.3) is 0 Å². The van der Waals surface area contributed by atoms with Gasteiger partial charge in [0, 0.05) is 0 Å². The molecule has 0 saturated heterocycles. The third-order valence-electron chi connectivity index (χ3n) is 5.31. The number of ether oxygens (including phenoxy) is 2. The van der Waals surface area contributed by atoms with Crippen LogP contribution in [0.1, 0.15) is 43.9 Å². The lowest BCUT2D eigenvalue weighted by molar-refractivity contribution is -0.144. The number of esters is 1. The molecule has 9 heteroatoms. The highest BCUT2D eigenvalue weighted by atomic mass is 19.4. The third kappa shape index (κ3) is 4.86. The molecule has 3 rings (SSSR count). The van der Waals surface area contributed by atoms with Gasteiger partial charge in [0.1, 0.15) is 5.60 Å². The molecule has 0 saturated carbocycles. The van der Waals surface area contributed by atoms with Gasteiger partial charge in [-0.15, -0.1) is 0 Å². The molecule has 2 aromatic rings. The first kappa shape index (κ1) is 24.3. The van der Waals surface area contributed by atoms with Gasteiger partial charge < -0.3 is 9.47 Å². The Morgan fingerprint density at radius 3 is 2.15 bits per heavy atom. The summed E-state index contributed by atoms with van der Waals surface area (Å²) in [5.74, 6) is -1.40. The number of benzene rings is 2. The number of imide groups is 1. The van der Waals surface area contributed by atoms with Crippen LogP contribution in [0.2, 0.25) is 0 Å². The highest BCUT2D eigenvalue weighted by molar-refractivity contribution is 6.22. The summed E-state index contributed by atoms with van der Waals surface area (Å²) in [5.41, 5.74) is -2.23. The molecule has 33 heavy (non-hydrogen) atoms. The zero-order valence-electron chi connectivity index (χ0n) is 18.7. The number of carbonyl (C=O) groups excluding carboxylic acids is 3. The molecular formula is C24H24F3NO5. The van der Waals surface area contributed by atoms with Crippen LogP contribution in [-0.2, 0) is 37.1 Å². The van der Waals surface area contributed by atoms with Crippen LogP contribution in [-0.4, -0.2) is 30.7 Å². The van der Waals surface area contributed by atoms with E-state index in [0.717, 1.165) is 17.0 Å². The number of carbonyl (C=O) groups is 3. The molecule has 0 fully saturated rings. The average Bonchev–Trinajstić information content (AvgIpc) is 2.94. The van der Waals surface area contributed by atoms with Gasteiger partial charge in [0.2, 0.25) is 5.91 Å². The molecule has 1 heterocycles. The number of rotatable bonds is 4. The largest absolute Gasteiger partial charge is 0.469 e. The van der Waals surface area contributed by atoms with E-state index in [1.165, 1.54) is 19.2 Å². The van der Waals surface area contributed by atoms with E-state index in [0.29, 0.717) is 11.1 Å². The van der Waals surface area contributed by atoms with Crippen molar-refractivity contribution in [3.63, 3.8) is 0 Å². The Morgan fingerprint density at radius 2 is 1.61 bits per heavy atom. The number of anilines is 1. The zero-order valence-corrected chi connectivity index (χ0v) is 18.7. The first-order valence-corrected chi connectivity index (χ1v) is 10.2. The number of amides is 2. The molecule has 6 nitrogen and oxygen atoms in total. The minimum atomic E-state index is -4.51. The summed E-state index contributed by atoms with van der Waals surface area (Å²) in [6.45, 7) is 4.96. The van der Waals surface area contributed by atoms with Gasteiger partial charge in [0.05, 0.1) is 30.2 Å². The van der Waals surface area contributed by atoms with Gasteiger partial charge in [-0.05, 0) is 56.5 Å². The van der Waals surface area contributed by atoms with E-state index in [1.54, 1.807) is 45.0 Å². The predicted molar refractivity (Wildman–Crippen MR) is 114 cm³/mol. The van der Waals surface area contributed by atoms with Crippen molar-refractivity contribution >= 4 is 23.7 Å². The van der Waals surface area contributed by atoms with Crippen LogP contribution >= 0.6 is 0 Å². The molecule has 0 unspecified atom stereocenters. The number of nitrogens with zero attached hydrogens (tertiary/aromatic N) is 1. The monoisotopic (exact) mass is 463 g/mol. The van der Waals surface area contributed by atoms with E-state index in [1.807, 2.05) is 0 Å². The number of hydrogen-bond donors (Lipinski definition) is 0. The number of methoxy groups -OCH3 is 1. The van der Waals surface area contributed by atoms with Crippen LogP contribution in [0.3, 0.4) is 0 Å². The number of hydrogen-bond acceptors (Lipinski definition) is 5. The Kier molecular flexibility index (Phi) is 6.28. The molecule has 2 amide bonds. The Hall–Kier alpha value is -3.36. The van der Waals surface area contributed by atoms with E-state index < -0.39 is 47.1 Å². The second-order valence-electron chi connectivity index (χ2n) is 8.84. The third-order valence-corrected chi connectivity index (χ3v) is 5.31. The molecule has 0 radical (unpaired) electrons. The smallest absolute Gasteiger partial charge is 0.421 e. The van der Waals surface area contributed by atoms with Crippen LogP contribution in [0.4, 0.5) is 23.7 Å². The van der Waals surface area contributed by atoms with Crippen molar-refractivity contribution in [1.29, 1.82) is 0 Å². The molecule has 2 aromatic carbocycles. The van der Waals surface area contributed by atoms with Crippen molar-refractivity contribution < 1.29 is 37.0 Å². The summed E-state index contributed by atoms with van der Waals surface area (Å²) < 4.78 is 49.1. The second kappa shape index (κ2) is 8.53. The minimum absolute atomic E-state index is 0.116. The van der Waals surface area contributed by atoms with Gasteiger partial charge in [-0.25, -0.2) is 9.69 Å². The van der Waals surface area contributed by atoms with Crippen LogP contribution < -0.4 is 4.90 Å². The molecule has 0 aromatic heterocycles. The summed E-state index contributed by atoms with van der Waals surface area (Å²) in [6.07, 6.45) is -5.93. The van der Waals surface area contributed by atoms with Gasteiger partial charge in [-0.3, -0.25) is 9.59 Å².